The van der Waals surface area contributed by atoms with Gasteiger partial charge in [0.25, 0.3) is 0 Å². The van der Waals surface area contributed by atoms with Crippen molar-refractivity contribution in [3.8, 4) is 11.4 Å². The topological polar surface area (TPSA) is 81.9 Å². The molecular weight excluding hydrogens is 408 g/mol. The zero-order chi connectivity index (χ0) is 20.1. The zero-order valence-corrected chi connectivity index (χ0v) is 16.3. The molecule has 0 radical (unpaired) electrons. The molecule has 0 saturated carbocycles. The average molecular weight is 424 g/mol. The Morgan fingerprint density at radius 2 is 2.07 bits per heavy atom. The molecule has 0 aliphatic carbocycles. The van der Waals surface area contributed by atoms with E-state index in [1.807, 2.05) is 0 Å². The van der Waals surface area contributed by atoms with Gasteiger partial charge in [-0.25, -0.2) is 4.39 Å². The van der Waals surface area contributed by atoms with Crippen LogP contribution in [0.15, 0.2) is 36.4 Å². The van der Waals surface area contributed by atoms with Crippen LogP contribution in [-0.4, -0.2) is 32.7 Å². The molecule has 10 heteroatoms. The normalized spacial score (nSPS) is 10.7. The molecule has 0 atom stereocenters. The summed E-state index contributed by atoms with van der Waals surface area (Å²) < 4.78 is 20.9. The molecule has 0 bridgehead atoms. The van der Waals surface area contributed by atoms with E-state index in [-0.39, 0.29) is 18.0 Å². The number of carbonyl (C=O) groups excluding carboxylic acids is 1. The van der Waals surface area contributed by atoms with E-state index >= 15 is 0 Å². The lowest BCUT2D eigenvalue weighted by molar-refractivity contribution is -0.116. The van der Waals surface area contributed by atoms with Crippen molar-refractivity contribution in [2.24, 2.45) is 0 Å². The number of rotatable bonds is 7. The highest BCUT2D eigenvalue weighted by Gasteiger charge is 2.12. The van der Waals surface area contributed by atoms with E-state index in [4.69, 9.17) is 27.9 Å². The largest absolute Gasteiger partial charge is 0.492 e. The first-order valence-electron chi connectivity index (χ1n) is 8.36. The standard InChI is InChI=1S/C18H16Cl2FN5O2/c1-11-23-24-25-26(11)16-10-13(5-6-15(16)21)22-18(27)3-2-8-28-17-7-4-12(19)9-14(17)20/h4-7,9-10H,2-3,8H2,1H3,(H,22,27). The minimum atomic E-state index is -0.498. The number of aryl methyl sites for hydroxylation is 1. The van der Waals surface area contributed by atoms with Gasteiger partial charge in [-0.1, -0.05) is 23.2 Å². The minimum Gasteiger partial charge on any atom is -0.492 e. The first-order valence-corrected chi connectivity index (χ1v) is 9.12. The van der Waals surface area contributed by atoms with E-state index in [9.17, 15) is 9.18 Å². The number of carbonyl (C=O) groups is 1. The van der Waals surface area contributed by atoms with Crippen LogP contribution < -0.4 is 10.1 Å². The molecule has 3 aromatic rings. The van der Waals surface area contributed by atoms with Gasteiger partial charge in [0.05, 0.1) is 11.6 Å². The molecule has 0 unspecified atom stereocenters. The Balaban J connectivity index is 1.53. The van der Waals surface area contributed by atoms with Gasteiger partial charge in [-0.15, -0.1) is 5.10 Å². The number of nitrogens with one attached hydrogen (secondary N) is 1. The van der Waals surface area contributed by atoms with Gasteiger partial charge < -0.3 is 10.1 Å². The molecule has 1 heterocycles. The van der Waals surface area contributed by atoms with Crippen LogP contribution in [0, 0.1) is 12.7 Å². The van der Waals surface area contributed by atoms with Gasteiger partial charge >= 0.3 is 0 Å². The van der Waals surface area contributed by atoms with Crippen molar-refractivity contribution < 1.29 is 13.9 Å². The number of amides is 1. The van der Waals surface area contributed by atoms with Crippen molar-refractivity contribution >= 4 is 34.8 Å². The summed E-state index contributed by atoms with van der Waals surface area (Å²) in [5, 5.41) is 14.6. The van der Waals surface area contributed by atoms with Crippen LogP contribution in [0.25, 0.3) is 5.69 Å². The second-order valence-electron chi connectivity index (χ2n) is 5.88. The summed E-state index contributed by atoms with van der Waals surface area (Å²) in [5.74, 6) is 0.213. The van der Waals surface area contributed by atoms with Gasteiger partial charge in [-0.3, -0.25) is 4.79 Å². The first kappa shape index (κ1) is 20.0. The number of benzene rings is 2. The van der Waals surface area contributed by atoms with Gasteiger partial charge in [0.1, 0.15) is 17.3 Å². The third-order valence-corrected chi connectivity index (χ3v) is 4.31. The highest BCUT2D eigenvalue weighted by molar-refractivity contribution is 6.35. The maximum absolute atomic E-state index is 14.1. The molecule has 7 nitrogen and oxygen atoms in total. The first-order chi connectivity index (χ1) is 13.4. The molecule has 1 aromatic heterocycles. The monoisotopic (exact) mass is 423 g/mol. The Labute approximate surface area is 170 Å². The minimum absolute atomic E-state index is 0.154. The number of hydrogen-bond acceptors (Lipinski definition) is 5. The predicted molar refractivity (Wildman–Crippen MR) is 104 cm³/mol. The molecule has 0 saturated heterocycles. The molecule has 28 heavy (non-hydrogen) atoms. The van der Waals surface area contributed by atoms with Crippen LogP contribution in [0.1, 0.15) is 18.7 Å². The molecule has 0 spiro atoms. The summed E-state index contributed by atoms with van der Waals surface area (Å²) in [6, 6.07) is 9.13. The molecular formula is C18H16Cl2FN5O2. The Bertz CT molecular complexity index is 996. The second kappa shape index (κ2) is 8.99. The third kappa shape index (κ3) is 4.96. The molecule has 3 rings (SSSR count). The number of aromatic nitrogens is 4. The van der Waals surface area contributed by atoms with E-state index in [0.717, 1.165) is 0 Å². The van der Waals surface area contributed by atoms with E-state index in [2.05, 4.69) is 20.8 Å². The number of nitrogens with zero attached hydrogens (tertiary/aromatic N) is 4. The molecule has 146 valence electrons. The summed E-state index contributed by atoms with van der Waals surface area (Å²) in [4.78, 5) is 12.1. The molecule has 1 N–H and O–H groups in total. The van der Waals surface area contributed by atoms with Crippen LogP contribution in [0.4, 0.5) is 10.1 Å². The Kier molecular flexibility index (Phi) is 6.43. The van der Waals surface area contributed by atoms with Crippen molar-refractivity contribution in [3.05, 3.63) is 58.1 Å². The summed E-state index contributed by atoms with van der Waals surface area (Å²) >= 11 is 11.9. The lowest BCUT2D eigenvalue weighted by Crippen LogP contribution is -2.13. The lowest BCUT2D eigenvalue weighted by Gasteiger charge is -2.10. The van der Waals surface area contributed by atoms with E-state index in [1.165, 1.54) is 22.9 Å². The van der Waals surface area contributed by atoms with Gasteiger partial charge in [0, 0.05) is 17.1 Å². The quantitative estimate of drug-likeness (QED) is 0.575. The Hall–Kier alpha value is -2.71. The number of ether oxygens (including phenoxy) is 1. The van der Waals surface area contributed by atoms with Crippen molar-refractivity contribution in [1.82, 2.24) is 20.2 Å². The maximum atomic E-state index is 14.1. The molecule has 1 amide bonds. The smallest absolute Gasteiger partial charge is 0.224 e. The SMILES string of the molecule is Cc1nnnn1-c1cc(NC(=O)CCCOc2ccc(Cl)cc2Cl)ccc1F. The second-order valence-corrected chi connectivity index (χ2v) is 6.72. The Morgan fingerprint density at radius 3 is 2.79 bits per heavy atom. The van der Waals surface area contributed by atoms with Crippen LogP contribution in [0.5, 0.6) is 5.75 Å². The number of anilines is 1. The molecule has 2 aromatic carbocycles. The third-order valence-electron chi connectivity index (χ3n) is 3.78. The van der Waals surface area contributed by atoms with Crippen LogP contribution in [0.2, 0.25) is 10.0 Å². The lowest BCUT2D eigenvalue weighted by atomic mass is 10.2. The molecule has 0 aliphatic rings. The Morgan fingerprint density at radius 1 is 1.25 bits per heavy atom. The summed E-state index contributed by atoms with van der Waals surface area (Å²) in [5.41, 5.74) is 0.596. The molecule has 0 fully saturated rings. The fraction of sp³-hybridized carbons (Fsp3) is 0.222. The van der Waals surface area contributed by atoms with Crippen molar-refractivity contribution in [3.63, 3.8) is 0 Å². The summed E-state index contributed by atoms with van der Waals surface area (Å²) in [7, 11) is 0. The fourth-order valence-electron chi connectivity index (χ4n) is 2.44. The zero-order valence-electron chi connectivity index (χ0n) is 14.8. The van der Waals surface area contributed by atoms with E-state index in [0.29, 0.717) is 40.3 Å². The highest BCUT2D eigenvalue weighted by Crippen LogP contribution is 2.27. The number of hydrogen-bond donors (Lipinski definition) is 1. The molecule has 0 aliphatic heterocycles. The van der Waals surface area contributed by atoms with Crippen molar-refractivity contribution in [2.75, 3.05) is 11.9 Å². The van der Waals surface area contributed by atoms with Crippen LogP contribution in [-0.2, 0) is 4.79 Å². The van der Waals surface area contributed by atoms with Gasteiger partial charge in [-0.2, -0.15) is 4.68 Å². The average Bonchev–Trinajstić information content (AvgIpc) is 3.07. The van der Waals surface area contributed by atoms with Crippen molar-refractivity contribution in [1.29, 1.82) is 0 Å². The number of tetrazole rings is 1. The van der Waals surface area contributed by atoms with Gasteiger partial charge in [0.15, 0.2) is 5.82 Å². The predicted octanol–water partition coefficient (Wildman–Crippen LogP) is 4.21. The fourth-order valence-corrected chi connectivity index (χ4v) is 2.90. The number of halogens is 3. The highest BCUT2D eigenvalue weighted by atomic mass is 35.5. The maximum Gasteiger partial charge on any atom is 0.224 e. The van der Waals surface area contributed by atoms with Gasteiger partial charge in [0.2, 0.25) is 5.91 Å². The summed E-state index contributed by atoms with van der Waals surface area (Å²) in [6.07, 6.45) is 0.701. The van der Waals surface area contributed by atoms with E-state index < -0.39 is 5.82 Å². The summed E-state index contributed by atoms with van der Waals surface area (Å²) in [6.45, 7) is 1.96. The van der Waals surface area contributed by atoms with Crippen LogP contribution in [0.3, 0.4) is 0 Å². The van der Waals surface area contributed by atoms with Crippen molar-refractivity contribution in [2.45, 2.75) is 19.8 Å². The van der Waals surface area contributed by atoms with E-state index in [1.54, 1.807) is 25.1 Å². The van der Waals surface area contributed by atoms with Gasteiger partial charge in [-0.05, 0) is 60.2 Å². The van der Waals surface area contributed by atoms with Crippen LogP contribution >= 0.6 is 23.2 Å².